The molecule has 0 amide bonds. The fourth-order valence-electron chi connectivity index (χ4n) is 12.9. The lowest BCUT2D eigenvalue weighted by molar-refractivity contribution is -0.375. The molecule has 1 spiro atoms. The highest BCUT2D eigenvalue weighted by molar-refractivity contribution is 6.09. The van der Waals surface area contributed by atoms with E-state index in [4.69, 9.17) is 28.6 Å². The molecule has 9 aliphatic rings. The molecule has 13 atom stereocenters. The average Bonchev–Trinajstić information content (AvgIpc) is 4.08. The molecule has 0 radical (unpaired) electrons. The molecule has 6 fully saturated rings. The number of ketones is 1. The van der Waals surface area contributed by atoms with E-state index in [9.17, 15) is 44.2 Å². The van der Waals surface area contributed by atoms with Crippen molar-refractivity contribution in [3.05, 3.63) is 45.6 Å². The van der Waals surface area contributed by atoms with Gasteiger partial charge in [0.1, 0.15) is 37.1 Å². The predicted octanol–water partition coefficient (Wildman–Crippen LogP) is 1.85. The molecule has 15 nitrogen and oxygen atoms in total. The Labute approximate surface area is 315 Å². The van der Waals surface area contributed by atoms with E-state index >= 15 is 0 Å². The highest BCUT2D eigenvalue weighted by Crippen LogP contribution is 2.84. The van der Waals surface area contributed by atoms with E-state index in [0.717, 1.165) is 7.11 Å². The first-order valence-electron chi connectivity index (χ1n) is 18.9. The lowest BCUT2D eigenvalue weighted by Gasteiger charge is -2.66. The molecular weight excluding hydrogens is 720 g/mol. The molecule has 0 saturated heterocycles. The molecule has 0 aromatic carbocycles. The van der Waals surface area contributed by atoms with Crippen LogP contribution in [0, 0.1) is 52.3 Å². The van der Waals surface area contributed by atoms with Gasteiger partial charge in [0, 0.05) is 34.0 Å². The molecular formula is C40H44O15. The second-order valence-electron chi connectivity index (χ2n) is 17.4. The van der Waals surface area contributed by atoms with Gasteiger partial charge in [-0.05, 0) is 79.4 Å². The van der Waals surface area contributed by atoms with Crippen LogP contribution < -0.4 is 0 Å². The molecule has 2 bridgehead atoms. The van der Waals surface area contributed by atoms with Gasteiger partial charge in [-0.25, -0.2) is 19.3 Å². The quantitative estimate of drug-likeness (QED) is 0.0913. The molecule has 0 aromatic rings. The SMILES string of the molecule is COC(=O)/C(C)=C1\C(=O)[C@H](O)[C@@]2(C)[C@@H]3C[C@@H]3C3=C[C@@H]4[C@]5(OC(=O)C6=C5C[C@H]5[C@](O)(COC(=O)/C(C)=C/COC(=O)CCC(=O)OC6)[C@H]6C[C@H]6[C@]45C)[C@@H]1[C@]32OO. The minimum atomic E-state index is -1.86. The Morgan fingerprint density at radius 3 is 2.36 bits per heavy atom. The summed E-state index contributed by atoms with van der Waals surface area (Å²) >= 11 is 0. The van der Waals surface area contributed by atoms with E-state index in [-0.39, 0.29) is 84.0 Å². The molecule has 55 heavy (non-hydrogen) atoms. The second kappa shape index (κ2) is 11.5. The topological polar surface area (TPSA) is 218 Å². The van der Waals surface area contributed by atoms with Gasteiger partial charge in [-0.15, -0.1) is 0 Å². The number of esters is 5. The Hall–Kier alpha value is -4.18. The first kappa shape index (κ1) is 36.5. The first-order chi connectivity index (χ1) is 26.0. The highest BCUT2D eigenvalue weighted by atomic mass is 17.1. The number of cyclic esters (lactones) is 3. The number of carbonyl (C=O) groups excluding carboxylic acids is 6. The van der Waals surface area contributed by atoms with Crippen molar-refractivity contribution >= 4 is 35.6 Å². The third-order valence-electron chi connectivity index (χ3n) is 15.6. The van der Waals surface area contributed by atoms with E-state index in [2.05, 4.69) is 0 Å². The van der Waals surface area contributed by atoms with Crippen LogP contribution in [0.15, 0.2) is 45.6 Å². The fraction of sp³-hybridized carbons (Fsp3) is 0.650. The van der Waals surface area contributed by atoms with Crippen LogP contribution in [0.5, 0.6) is 0 Å². The summed E-state index contributed by atoms with van der Waals surface area (Å²) in [7, 11) is 1.15. The summed E-state index contributed by atoms with van der Waals surface area (Å²) in [6, 6.07) is 0. The second-order valence-corrected chi connectivity index (χ2v) is 17.4. The maximum atomic E-state index is 14.7. The Morgan fingerprint density at radius 2 is 1.67 bits per heavy atom. The zero-order valence-corrected chi connectivity index (χ0v) is 31.2. The lowest BCUT2D eigenvalue weighted by atomic mass is 9.40. The molecule has 0 aromatic heterocycles. The van der Waals surface area contributed by atoms with E-state index in [1.165, 1.54) is 19.9 Å². The van der Waals surface area contributed by atoms with Crippen LogP contribution in [0.25, 0.3) is 0 Å². The van der Waals surface area contributed by atoms with Crippen LogP contribution in [0.1, 0.15) is 59.8 Å². The molecule has 294 valence electrons. The van der Waals surface area contributed by atoms with Crippen LogP contribution >= 0.6 is 0 Å². The van der Waals surface area contributed by atoms with Gasteiger partial charge in [-0.2, -0.15) is 0 Å². The standard InChI is InChI=1S/C40H44O15/c1-16-8-9-51-27(41)6-7-28(42)52-14-19-21-12-25-36(3,23-11-24(23)38(25,48)15-53-33(16)45)26-13-22-18-10-20(18)37(4)32(44)30(43)29(17(2)34(46)50-5)31(40(22,37)55-49)39(21,26)54-35(19)47/h8,13,18,20,23-26,31-32,44,48-49H,6-7,9-12,14-15H2,1-5H3/b16-8+,29-17+/t18-,20+,23+,24-,25+,26-,31+,32-,36-,37+,38-,39-,40+/m0/s1. The normalized spacial score (nSPS) is 48.5. The number of methoxy groups -OCH3 is 1. The number of Topliss-reactive ketones (excluding diaryl/α,β-unsaturated/α-hetero) is 1. The summed E-state index contributed by atoms with van der Waals surface area (Å²) < 4.78 is 28.3. The minimum absolute atomic E-state index is 0.0418. The van der Waals surface area contributed by atoms with Crippen LogP contribution in [0.2, 0.25) is 0 Å². The van der Waals surface area contributed by atoms with Crippen molar-refractivity contribution in [1.29, 1.82) is 0 Å². The number of aliphatic hydroxyl groups is 2. The van der Waals surface area contributed by atoms with Gasteiger partial charge in [0.05, 0.1) is 31.4 Å². The molecule has 6 saturated carbocycles. The van der Waals surface area contributed by atoms with Crippen molar-refractivity contribution in [1.82, 2.24) is 0 Å². The predicted molar refractivity (Wildman–Crippen MR) is 181 cm³/mol. The number of ether oxygens (including phenoxy) is 5. The maximum Gasteiger partial charge on any atom is 0.338 e. The van der Waals surface area contributed by atoms with Gasteiger partial charge < -0.3 is 33.9 Å². The van der Waals surface area contributed by atoms with Crippen LogP contribution in [-0.2, 0) is 57.3 Å². The molecule has 0 unspecified atom stereocenters. The minimum Gasteiger partial charge on any atom is -0.466 e. The third-order valence-corrected chi connectivity index (χ3v) is 15.6. The smallest absolute Gasteiger partial charge is 0.338 e. The first-order valence-corrected chi connectivity index (χ1v) is 18.9. The zero-order valence-electron chi connectivity index (χ0n) is 31.2. The van der Waals surface area contributed by atoms with Gasteiger partial charge in [0.15, 0.2) is 11.4 Å². The lowest BCUT2D eigenvalue weighted by Crippen LogP contribution is -2.76. The van der Waals surface area contributed by atoms with E-state index in [1.54, 1.807) is 6.92 Å². The number of hydrogen-bond acceptors (Lipinski definition) is 15. The summed E-state index contributed by atoms with van der Waals surface area (Å²) in [6.07, 6.45) is 1.99. The largest absolute Gasteiger partial charge is 0.466 e. The Morgan fingerprint density at radius 1 is 0.964 bits per heavy atom. The van der Waals surface area contributed by atoms with Crippen LogP contribution in [-0.4, -0.2) is 101 Å². The van der Waals surface area contributed by atoms with Gasteiger partial charge in [0.2, 0.25) is 0 Å². The summed E-state index contributed by atoms with van der Waals surface area (Å²) in [6.45, 7) is 5.35. The number of aliphatic hydroxyl groups excluding tert-OH is 1. The molecule has 3 N–H and O–H groups in total. The van der Waals surface area contributed by atoms with E-state index in [1.807, 2.05) is 13.0 Å². The van der Waals surface area contributed by atoms with Crippen LogP contribution in [0.3, 0.4) is 0 Å². The zero-order chi connectivity index (χ0) is 39.4. The Bertz CT molecular complexity index is 2030. The number of fused-ring (bicyclic) bond motifs is 7. The number of carbonyl (C=O) groups is 6. The van der Waals surface area contributed by atoms with Crippen LogP contribution in [0.4, 0.5) is 0 Å². The molecule has 2 heterocycles. The summed E-state index contributed by atoms with van der Waals surface area (Å²) in [5, 5.41) is 36.0. The fourth-order valence-corrected chi connectivity index (χ4v) is 12.9. The van der Waals surface area contributed by atoms with Gasteiger partial charge in [-0.1, -0.05) is 19.9 Å². The van der Waals surface area contributed by atoms with Crippen molar-refractivity contribution in [3.63, 3.8) is 0 Å². The van der Waals surface area contributed by atoms with E-state index < -0.39 is 93.7 Å². The Balaban J connectivity index is 1.30. The third kappa shape index (κ3) is 4.19. The maximum absolute atomic E-state index is 14.7. The molecule has 2 aliphatic heterocycles. The van der Waals surface area contributed by atoms with Crippen molar-refractivity contribution in [2.75, 3.05) is 26.9 Å². The highest BCUT2D eigenvalue weighted by Gasteiger charge is 2.89. The van der Waals surface area contributed by atoms with Gasteiger partial charge in [-0.3, -0.25) is 19.6 Å². The summed E-state index contributed by atoms with van der Waals surface area (Å²) in [5.41, 5.74) is -7.01. The van der Waals surface area contributed by atoms with Crippen molar-refractivity contribution < 1.29 is 72.8 Å². The monoisotopic (exact) mass is 764 g/mol. The summed E-state index contributed by atoms with van der Waals surface area (Å²) in [4.78, 5) is 86.9. The van der Waals surface area contributed by atoms with Gasteiger partial charge in [0.25, 0.3) is 0 Å². The number of rotatable bonds is 2. The molecule has 7 aliphatic carbocycles. The van der Waals surface area contributed by atoms with Gasteiger partial charge >= 0.3 is 29.8 Å². The van der Waals surface area contributed by atoms with E-state index in [0.29, 0.717) is 18.4 Å². The average molecular weight is 765 g/mol. The number of hydrogen-bond donors (Lipinski definition) is 3. The summed E-state index contributed by atoms with van der Waals surface area (Å²) in [5.74, 6) is -8.68. The van der Waals surface area contributed by atoms with Crippen molar-refractivity contribution in [2.24, 2.45) is 52.3 Å². The Kier molecular flexibility index (Phi) is 7.59. The van der Waals surface area contributed by atoms with Crippen molar-refractivity contribution in [3.8, 4) is 0 Å². The van der Waals surface area contributed by atoms with Crippen molar-refractivity contribution in [2.45, 2.75) is 82.7 Å². The molecule has 15 heteroatoms. The molecule has 9 rings (SSSR count).